The van der Waals surface area contributed by atoms with Crippen LogP contribution in [-0.2, 0) is 19.9 Å². The summed E-state index contributed by atoms with van der Waals surface area (Å²) in [6.45, 7) is 0.120. The predicted octanol–water partition coefficient (Wildman–Crippen LogP) is -0.367. The molecule has 0 saturated carbocycles. The molecule has 1 aromatic rings. The monoisotopic (exact) mass is 307 g/mol. The lowest BCUT2D eigenvalue weighted by Crippen LogP contribution is -2.21. The quantitative estimate of drug-likeness (QED) is 0.617. The second-order valence-corrected chi connectivity index (χ2v) is 8.13. The third kappa shape index (κ3) is 4.69. The summed E-state index contributed by atoms with van der Waals surface area (Å²) in [6, 6.07) is 4.36. The van der Waals surface area contributed by atoms with Crippen molar-refractivity contribution in [2.45, 2.75) is 4.90 Å². The second kappa shape index (κ2) is 5.76. The van der Waals surface area contributed by atoms with Crippen molar-refractivity contribution in [2.24, 2.45) is 0 Å². The number of nitrogen functional groups attached to an aromatic ring is 1. The number of hydrogen-bond acceptors (Lipinski definition) is 6. The molecule has 7 nitrogen and oxygen atoms in total. The molecule has 1 rings (SSSR count). The van der Waals surface area contributed by atoms with E-state index in [4.69, 9.17) is 5.73 Å². The van der Waals surface area contributed by atoms with Gasteiger partial charge >= 0.3 is 0 Å². The Morgan fingerprint density at radius 3 is 2.37 bits per heavy atom. The van der Waals surface area contributed by atoms with Crippen LogP contribution in [0.15, 0.2) is 23.1 Å². The molecule has 0 aromatic heterocycles. The molecule has 0 saturated heterocycles. The van der Waals surface area contributed by atoms with Gasteiger partial charge in [0.05, 0.1) is 11.4 Å². The molecule has 0 fully saturated rings. The predicted molar refractivity (Wildman–Crippen MR) is 75.3 cm³/mol. The third-order valence-corrected chi connectivity index (χ3v) is 4.75. The highest BCUT2D eigenvalue weighted by molar-refractivity contribution is 7.90. The minimum atomic E-state index is -3.66. The summed E-state index contributed by atoms with van der Waals surface area (Å²) in [5.41, 5.74) is 6.18. The SMILES string of the molecule is CNS(=O)(=O)c1cc(N)ccc1NCCS(C)(=O)=O. The molecule has 1 aromatic carbocycles. The maximum atomic E-state index is 11.8. The third-order valence-electron chi connectivity index (χ3n) is 2.35. The summed E-state index contributed by atoms with van der Waals surface area (Å²) in [4.78, 5) is -0.0106. The van der Waals surface area contributed by atoms with Gasteiger partial charge in [-0.25, -0.2) is 21.6 Å². The summed E-state index contributed by atoms with van der Waals surface area (Å²) < 4.78 is 47.9. The largest absolute Gasteiger partial charge is 0.399 e. The average Bonchev–Trinajstić information content (AvgIpc) is 2.29. The van der Waals surface area contributed by atoms with Crippen molar-refractivity contribution in [1.82, 2.24) is 4.72 Å². The van der Waals surface area contributed by atoms with Gasteiger partial charge in [0.2, 0.25) is 10.0 Å². The Morgan fingerprint density at radius 2 is 1.84 bits per heavy atom. The fraction of sp³-hybridized carbons (Fsp3) is 0.400. The van der Waals surface area contributed by atoms with Crippen LogP contribution in [0.25, 0.3) is 0 Å². The molecule has 0 spiro atoms. The maximum absolute atomic E-state index is 11.8. The van der Waals surface area contributed by atoms with E-state index in [1.54, 1.807) is 0 Å². The van der Waals surface area contributed by atoms with E-state index in [9.17, 15) is 16.8 Å². The number of nitrogens with two attached hydrogens (primary N) is 1. The van der Waals surface area contributed by atoms with Crippen LogP contribution in [0.1, 0.15) is 0 Å². The topological polar surface area (TPSA) is 118 Å². The van der Waals surface area contributed by atoms with E-state index in [1.165, 1.54) is 25.2 Å². The number of anilines is 2. The lowest BCUT2D eigenvalue weighted by molar-refractivity contribution is 0.588. The molecule has 9 heteroatoms. The van der Waals surface area contributed by atoms with E-state index in [0.29, 0.717) is 11.4 Å². The summed E-state index contributed by atoms with van der Waals surface area (Å²) in [5.74, 6) is -0.0869. The summed E-state index contributed by atoms with van der Waals surface area (Å²) in [6.07, 6.45) is 1.11. The van der Waals surface area contributed by atoms with Crippen molar-refractivity contribution in [3.05, 3.63) is 18.2 Å². The van der Waals surface area contributed by atoms with Crippen LogP contribution >= 0.6 is 0 Å². The van der Waals surface area contributed by atoms with E-state index in [2.05, 4.69) is 10.0 Å². The van der Waals surface area contributed by atoms with Gasteiger partial charge in [-0.2, -0.15) is 0 Å². The number of hydrogen-bond donors (Lipinski definition) is 3. The van der Waals surface area contributed by atoms with Crippen molar-refractivity contribution in [2.75, 3.05) is 36.7 Å². The standard InChI is InChI=1S/C10H17N3O4S2/c1-12-19(16,17)10-7-8(11)3-4-9(10)13-5-6-18(2,14)15/h3-4,7,12-13H,5-6,11H2,1-2H3. The van der Waals surface area contributed by atoms with E-state index < -0.39 is 19.9 Å². The average molecular weight is 307 g/mol. The first-order valence-corrected chi connectivity index (χ1v) is 8.95. The summed E-state index contributed by atoms with van der Waals surface area (Å²) >= 11 is 0. The van der Waals surface area contributed by atoms with Crippen molar-refractivity contribution >= 4 is 31.2 Å². The normalized spacial score (nSPS) is 12.3. The Labute approximate surface area is 113 Å². The number of sulfonamides is 1. The first-order valence-electron chi connectivity index (χ1n) is 5.40. The molecule has 0 radical (unpaired) electrons. The highest BCUT2D eigenvalue weighted by atomic mass is 32.2. The zero-order valence-electron chi connectivity index (χ0n) is 10.7. The molecular weight excluding hydrogens is 290 g/mol. The number of benzene rings is 1. The number of sulfone groups is 1. The second-order valence-electron chi connectivity index (χ2n) is 4.02. The highest BCUT2D eigenvalue weighted by Gasteiger charge is 2.17. The van der Waals surface area contributed by atoms with E-state index in [0.717, 1.165) is 6.26 Å². The maximum Gasteiger partial charge on any atom is 0.242 e. The van der Waals surface area contributed by atoms with Gasteiger partial charge in [-0.05, 0) is 25.2 Å². The molecule has 0 bridgehead atoms. The zero-order valence-corrected chi connectivity index (χ0v) is 12.3. The van der Waals surface area contributed by atoms with Gasteiger partial charge in [-0.3, -0.25) is 0 Å². The minimum Gasteiger partial charge on any atom is -0.399 e. The highest BCUT2D eigenvalue weighted by Crippen LogP contribution is 2.23. The van der Waals surface area contributed by atoms with Gasteiger partial charge in [0.1, 0.15) is 14.7 Å². The van der Waals surface area contributed by atoms with Gasteiger partial charge < -0.3 is 11.1 Å². The van der Waals surface area contributed by atoms with Crippen molar-refractivity contribution in [3.63, 3.8) is 0 Å². The molecular formula is C10H17N3O4S2. The molecule has 0 amide bonds. The molecule has 19 heavy (non-hydrogen) atoms. The van der Waals surface area contributed by atoms with E-state index >= 15 is 0 Å². The number of nitrogens with one attached hydrogen (secondary N) is 2. The van der Waals surface area contributed by atoms with Crippen molar-refractivity contribution in [1.29, 1.82) is 0 Å². The smallest absolute Gasteiger partial charge is 0.242 e. The van der Waals surface area contributed by atoms with Crippen LogP contribution in [0.2, 0.25) is 0 Å². The zero-order chi connectivity index (χ0) is 14.7. The fourth-order valence-electron chi connectivity index (χ4n) is 1.39. The van der Waals surface area contributed by atoms with Crippen molar-refractivity contribution in [3.8, 4) is 0 Å². The summed E-state index contributed by atoms with van der Waals surface area (Å²) in [5, 5.41) is 2.78. The van der Waals surface area contributed by atoms with E-state index in [-0.39, 0.29) is 17.2 Å². The van der Waals surface area contributed by atoms with Crippen LogP contribution in [0.3, 0.4) is 0 Å². The molecule has 0 aliphatic heterocycles. The minimum absolute atomic E-state index is 0.0106. The Morgan fingerprint density at radius 1 is 1.21 bits per heavy atom. The lowest BCUT2D eigenvalue weighted by Gasteiger charge is -2.12. The molecule has 0 aliphatic carbocycles. The Hall–Kier alpha value is -1.32. The molecule has 0 atom stereocenters. The van der Waals surface area contributed by atoms with Gasteiger partial charge in [-0.15, -0.1) is 0 Å². The molecule has 0 unspecified atom stereocenters. The van der Waals surface area contributed by atoms with Crippen LogP contribution < -0.4 is 15.8 Å². The van der Waals surface area contributed by atoms with Gasteiger partial charge in [0.25, 0.3) is 0 Å². The lowest BCUT2D eigenvalue weighted by atomic mass is 10.3. The van der Waals surface area contributed by atoms with Crippen LogP contribution in [0.5, 0.6) is 0 Å². The van der Waals surface area contributed by atoms with Gasteiger partial charge in [-0.1, -0.05) is 0 Å². The molecule has 108 valence electrons. The Balaban J connectivity index is 3.02. The van der Waals surface area contributed by atoms with E-state index in [1.807, 2.05) is 0 Å². The molecule has 0 aliphatic rings. The molecule has 4 N–H and O–H groups in total. The van der Waals surface area contributed by atoms with Gasteiger partial charge in [0, 0.05) is 18.5 Å². The van der Waals surface area contributed by atoms with Crippen LogP contribution in [0, 0.1) is 0 Å². The van der Waals surface area contributed by atoms with Crippen LogP contribution in [-0.4, -0.2) is 42.4 Å². The first kappa shape index (κ1) is 15.7. The number of rotatable bonds is 6. The Bertz CT molecular complexity index is 653. The van der Waals surface area contributed by atoms with Crippen LogP contribution in [0.4, 0.5) is 11.4 Å². The first-order chi connectivity index (χ1) is 8.65. The van der Waals surface area contributed by atoms with Crippen molar-refractivity contribution < 1.29 is 16.8 Å². The summed E-state index contributed by atoms with van der Waals surface area (Å²) in [7, 11) is -5.48. The molecule has 0 heterocycles. The van der Waals surface area contributed by atoms with Gasteiger partial charge in [0.15, 0.2) is 0 Å². The fourth-order valence-corrected chi connectivity index (χ4v) is 2.80. The Kier molecular flexibility index (Phi) is 4.77.